The van der Waals surface area contributed by atoms with Gasteiger partial charge in [-0.05, 0) is 12.5 Å². The molecule has 1 atom stereocenters. The van der Waals surface area contributed by atoms with Crippen molar-refractivity contribution in [2.45, 2.75) is 25.8 Å². The predicted octanol–water partition coefficient (Wildman–Crippen LogP) is 1.27. The largest absolute Gasteiger partial charge is 0.334 e. The zero-order chi connectivity index (χ0) is 14.5. The normalized spacial score (nSPS) is 17.8. The molecular weight excluding hydrogens is 268 g/mol. The zero-order valence-electron chi connectivity index (χ0n) is 12.2. The van der Waals surface area contributed by atoms with E-state index in [2.05, 4.69) is 37.5 Å². The average Bonchev–Trinajstić information content (AvgIpc) is 3.04. The van der Waals surface area contributed by atoms with Crippen molar-refractivity contribution >= 4 is 0 Å². The van der Waals surface area contributed by atoms with Gasteiger partial charge in [0.25, 0.3) is 5.89 Å². The summed E-state index contributed by atoms with van der Waals surface area (Å²) in [7, 11) is 0. The molecule has 2 aromatic heterocycles. The third-order valence-corrected chi connectivity index (χ3v) is 3.73. The number of rotatable bonds is 5. The third kappa shape index (κ3) is 3.25. The number of hydrogen-bond acceptors (Lipinski definition) is 7. The average molecular weight is 288 g/mol. The Morgan fingerprint density at radius 2 is 2.19 bits per heavy atom. The third-order valence-electron chi connectivity index (χ3n) is 3.73. The van der Waals surface area contributed by atoms with Gasteiger partial charge in [-0.2, -0.15) is 15.2 Å². The highest BCUT2D eigenvalue weighted by atomic mass is 16.5. The molecule has 3 rings (SSSR count). The van der Waals surface area contributed by atoms with Gasteiger partial charge in [-0.1, -0.05) is 18.5 Å². The van der Waals surface area contributed by atoms with Crippen molar-refractivity contribution in [1.82, 2.24) is 30.6 Å². The summed E-state index contributed by atoms with van der Waals surface area (Å²) in [5, 5.41) is 15.2. The molecule has 1 N–H and O–H groups in total. The summed E-state index contributed by atoms with van der Waals surface area (Å²) in [6.07, 6.45) is 5.39. The molecule has 0 radical (unpaired) electrons. The summed E-state index contributed by atoms with van der Waals surface area (Å²) >= 11 is 0. The van der Waals surface area contributed by atoms with Crippen molar-refractivity contribution in [2.24, 2.45) is 0 Å². The first-order valence-electron chi connectivity index (χ1n) is 7.44. The van der Waals surface area contributed by atoms with Gasteiger partial charge in [0, 0.05) is 26.2 Å². The van der Waals surface area contributed by atoms with Crippen molar-refractivity contribution in [3.8, 4) is 11.5 Å². The fourth-order valence-electron chi connectivity index (χ4n) is 2.65. The number of piperazine rings is 1. The number of nitrogens with one attached hydrogen (secondary N) is 1. The van der Waals surface area contributed by atoms with Gasteiger partial charge in [0.15, 0.2) is 5.82 Å². The van der Waals surface area contributed by atoms with Gasteiger partial charge in [-0.3, -0.25) is 4.90 Å². The standard InChI is InChI=1S/C14H20N6O/c1-2-3-12(20-8-6-15-7-9-20)13-18-14(21-19-13)11-4-5-16-17-10-11/h4-5,10,12,15H,2-3,6-9H2,1H3. The maximum Gasteiger partial charge on any atom is 0.259 e. The minimum absolute atomic E-state index is 0.226. The first-order chi connectivity index (χ1) is 10.4. The predicted molar refractivity (Wildman–Crippen MR) is 77.4 cm³/mol. The monoisotopic (exact) mass is 288 g/mol. The summed E-state index contributed by atoms with van der Waals surface area (Å²) < 4.78 is 5.40. The van der Waals surface area contributed by atoms with Gasteiger partial charge in [-0.25, -0.2) is 0 Å². The van der Waals surface area contributed by atoms with E-state index in [9.17, 15) is 0 Å². The summed E-state index contributed by atoms with van der Waals surface area (Å²) in [4.78, 5) is 7.00. The highest BCUT2D eigenvalue weighted by molar-refractivity contribution is 5.49. The van der Waals surface area contributed by atoms with Crippen molar-refractivity contribution in [1.29, 1.82) is 0 Å². The van der Waals surface area contributed by atoms with Crippen molar-refractivity contribution in [3.05, 3.63) is 24.3 Å². The molecule has 0 amide bonds. The molecule has 0 aromatic carbocycles. The molecule has 1 saturated heterocycles. The molecule has 112 valence electrons. The molecule has 0 aliphatic carbocycles. The fourth-order valence-corrected chi connectivity index (χ4v) is 2.65. The van der Waals surface area contributed by atoms with E-state index in [1.807, 2.05) is 6.07 Å². The Bertz CT molecular complexity index is 552. The maximum absolute atomic E-state index is 5.40. The summed E-state index contributed by atoms with van der Waals surface area (Å²) in [6.45, 7) is 6.25. The van der Waals surface area contributed by atoms with E-state index in [-0.39, 0.29) is 6.04 Å². The van der Waals surface area contributed by atoms with Crippen LogP contribution in [0.1, 0.15) is 31.6 Å². The highest BCUT2D eigenvalue weighted by Crippen LogP contribution is 2.26. The summed E-state index contributed by atoms with van der Waals surface area (Å²) in [6, 6.07) is 2.05. The summed E-state index contributed by atoms with van der Waals surface area (Å²) in [5.41, 5.74) is 0.805. The van der Waals surface area contributed by atoms with E-state index >= 15 is 0 Å². The van der Waals surface area contributed by atoms with E-state index < -0.39 is 0 Å². The molecule has 3 heterocycles. The van der Waals surface area contributed by atoms with Crippen LogP contribution in [-0.2, 0) is 0 Å². The second kappa shape index (κ2) is 6.73. The van der Waals surface area contributed by atoms with Gasteiger partial charge in [0.05, 0.1) is 24.0 Å². The Kier molecular flexibility index (Phi) is 4.52. The molecule has 1 aliphatic rings. The SMILES string of the molecule is CCCC(c1noc(-c2ccnnc2)n1)N1CCNCC1. The molecule has 7 heteroatoms. The van der Waals surface area contributed by atoms with Gasteiger partial charge in [0.2, 0.25) is 0 Å². The molecule has 1 unspecified atom stereocenters. The Morgan fingerprint density at radius 1 is 1.33 bits per heavy atom. The highest BCUT2D eigenvalue weighted by Gasteiger charge is 2.26. The number of nitrogens with zero attached hydrogens (tertiary/aromatic N) is 5. The van der Waals surface area contributed by atoms with Crippen LogP contribution in [0, 0.1) is 0 Å². The van der Waals surface area contributed by atoms with Crippen LogP contribution in [-0.4, -0.2) is 51.4 Å². The van der Waals surface area contributed by atoms with E-state index in [4.69, 9.17) is 4.52 Å². The zero-order valence-corrected chi connectivity index (χ0v) is 12.2. The van der Waals surface area contributed by atoms with Gasteiger partial charge in [-0.15, -0.1) is 0 Å². The lowest BCUT2D eigenvalue weighted by molar-refractivity contribution is 0.155. The molecule has 21 heavy (non-hydrogen) atoms. The fraction of sp³-hybridized carbons (Fsp3) is 0.571. The first kappa shape index (κ1) is 14.1. The second-order valence-corrected chi connectivity index (χ2v) is 5.18. The topological polar surface area (TPSA) is 80.0 Å². The van der Waals surface area contributed by atoms with Crippen LogP contribution in [0.2, 0.25) is 0 Å². The van der Waals surface area contributed by atoms with Crippen LogP contribution in [0.5, 0.6) is 0 Å². The van der Waals surface area contributed by atoms with Crippen molar-refractivity contribution < 1.29 is 4.52 Å². The Labute approximate surface area is 123 Å². The number of aromatic nitrogens is 4. The molecular formula is C14H20N6O. The van der Waals surface area contributed by atoms with E-state index in [1.54, 1.807) is 12.4 Å². The van der Waals surface area contributed by atoms with Crippen LogP contribution in [0.15, 0.2) is 23.0 Å². The maximum atomic E-state index is 5.40. The van der Waals surface area contributed by atoms with E-state index in [0.717, 1.165) is 50.4 Å². The van der Waals surface area contributed by atoms with Gasteiger partial charge in [0.1, 0.15) is 0 Å². The quantitative estimate of drug-likeness (QED) is 0.887. The smallest absolute Gasteiger partial charge is 0.259 e. The minimum Gasteiger partial charge on any atom is -0.334 e. The molecule has 0 saturated carbocycles. The lowest BCUT2D eigenvalue weighted by Gasteiger charge is -2.33. The van der Waals surface area contributed by atoms with Gasteiger partial charge >= 0.3 is 0 Å². The molecule has 1 aliphatic heterocycles. The van der Waals surface area contributed by atoms with Crippen molar-refractivity contribution in [2.75, 3.05) is 26.2 Å². The van der Waals surface area contributed by atoms with Crippen LogP contribution in [0.3, 0.4) is 0 Å². The lowest BCUT2D eigenvalue weighted by Crippen LogP contribution is -2.45. The van der Waals surface area contributed by atoms with Crippen LogP contribution in [0.4, 0.5) is 0 Å². The number of hydrogen-bond donors (Lipinski definition) is 1. The van der Waals surface area contributed by atoms with Crippen LogP contribution in [0.25, 0.3) is 11.5 Å². The molecule has 7 nitrogen and oxygen atoms in total. The molecule has 0 bridgehead atoms. The van der Waals surface area contributed by atoms with E-state index in [0.29, 0.717) is 5.89 Å². The Balaban J connectivity index is 1.81. The Hall–Kier alpha value is -1.86. The van der Waals surface area contributed by atoms with Crippen LogP contribution >= 0.6 is 0 Å². The van der Waals surface area contributed by atoms with Crippen molar-refractivity contribution in [3.63, 3.8) is 0 Å². The second-order valence-electron chi connectivity index (χ2n) is 5.18. The molecule has 2 aromatic rings. The molecule has 0 spiro atoms. The lowest BCUT2D eigenvalue weighted by atomic mass is 10.1. The minimum atomic E-state index is 0.226. The summed E-state index contributed by atoms with van der Waals surface area (Å²) in [5.74, 6) is 1.28. The van der Waals surface area contributed by atoms with Crippen LogP contribution < -0.4 is 5.32 Å². The first-order valence-corrected chi connectivity index (χ1v) is 7.44. The van der Waals surface area contributed by atoms with E-state index in [1.165, 1.54) is 0 Å². The van der Waals surface area contributed by atoms with Gasteiger partial charge < -0.3 is 9.84 Å². The molecule has 1 fully saturated rings. The Morgan fingerprint density at radius 3 is 2.90 bits per heavy atom.